The minimum absolute atomic E-state index is 0.0509. The minimum Gasteiger partial charge on any atom is -0.507 e. The molecule has 0 radical (unpaired) electrons. The molecule has 2 saturated heterocycles. The number of benzene rings is 1. The van der Waals surface area contributed by atoms with E-state index in [1.807, 2.05) is 23.1 Å². The van der Waals surface area contributed by atoms with E-state index in [9.17, 15) is 14.7 Å². The van der Waals surface area contributed by atoms with Crippen LogP contribution in [0.5, 0.6) is 5.75 Å². The molecule has 41 heavy (non-hydrogen) atoms. The molecule has 1 saturated carbocycles. The molecule has 4 heterocycles. The summed E-state index contributed by atoms with van der Waals surface area (Å²) in [5, 5.41) is 22.5. The summed E-state index contributed by atoms with van der Waals surface area (Å²) in [6.45, 7) is 7.58. The topological polar surface area (TPSA) is 114 Å². The third-order valence-corrected chi connectivity index (χ3v) is 9.39. The molecule has 1 atom stereocenters. The molecular weight excluding hydrogens is 522 g/mol. The van der Waals surface area contributed by atoms with Crippen molar-refractivity contribution in [3.05, 3.63) is 30.3 Å². The maximum absolute atomic E-state index is 13.1. The molecule has 1 aromatic carbocycles. The van der Waals surface area contributed by atoms with E-state index in [0.29, 0.717) is 23.7 Å². The van der Waals surface area contributed by atoms with Crippen LogP contribution in [0.2, 0.25) is 0 Å². The highest BCUT2D eigenvalue weighted by Crippen LogP contribution is 2.36. The van der Waals surface area contributed by atoms with Gasteiger partial charge in [-0.2, -0.15) is 0 Å². The number of hydrogen-bond acceptors (Lipinski definition) is 10. The van der Waals surface area contributed by atoms with Crippen molar-refractivity contribution >= 4 is 23.4 Å². The number of phenols is 1. The van der Waals surface area contributed by atoms with Crippen molar-refractivity contribution in [2.24, 2.45) is 5.92 Å². The highest BCUT2D eigenvalue weighted by Gasteiger charge is 2.34. The second kappa shape index (κ2) is 12.2. The Morgan fingerprint density at radius 2 is 1.78 bits per heavy atom. The lowest BCUT2D eigenvalue weighted by Crippen LogP contribution is -2.58. The summed E-state index contributed by atoms with van der Waals surface area (Å²) in [7, 11) is 1.47. The van der Waals surface area contributed by atoms with Gasteiger partial charge in [0, 0.05) is 76.9 Å². The number of rotatable bonds is 6. The molecule has 6 rings (SSSR count). The Labute approximate surface area is 241 Å². The third-order valence-electron chi connectivity index (χ3n) is 9.39. The van der Waals surface area contributed by atoms with Crippen LogP contribution in [0.4, 0.5) is 11.5 Å². The number of aromatic hydroxyl groups is 1. The van der Waals surface area contributed by atoms with Crippen molar-refractivity contribution in [3.8, 4) is 17.0 Å². The minimum atomic E-state index is -0.0718. The quantitative estimate of drug-likeness (QED) is 0.506. The summed E-state index contributed by atoms with van der Waals surface area (Å²) in [5.74, 6) is 1.20. The highest BCUT2D eigenvalue weighted by atomic mass is 16.5. The van der Waals surface area contributed by atoms with Gasteiger partial charge in [-0.25, -0.2) is 0 Å². The first kappa shape index (κ1) is 27.7. The van der Waals surface area contributed by atoms with Gasteiger partial charge in [-0.05, 0) is 43.9 Å². The largest absolute Gasteiger partial charge is 0.507 e. The van der Waals surface area contributed by atoms with Gasteiger partial charge >= 0.3 is 5.97 Å². The van der Waals surface area contributed by atoms with Gasteiger partial charge in [-0.15, -0.1) is 10.2 Å². The number of phenolic OH excluding ortho intramolecular Hbond substituents is 1. The third kappa shape index (κ3) is 5.97. The Morgan fingerprint density at radius 3 is 2.54 bits per heavy atom. The van der Waals surface area contributed by atoms with Crippen LogP contribution < -0.4 is 10.2 Å². The molecule has 220 valence electrons. The zero-order chi connectivity index (χ0) is 28.3. The van der Waals surface area contributed by atoms with E-state index in [2.05, 4.69) is 30.2 Å². The van der Waals surface area contributed by atoms with Gasteiger partial charge in [-0.3, -0.25) is 19.4 Å². The Hall–Kier alpha value is -3.44. The predicted octanol–water partition coefficient (Wildman–Crippen LogP) is 2.03. The Kier molecular flexibility index (Phi) is 8.25. The molecule has 1 amide bonds. The first-order valence-electron chi connectivity index (χ1n) is 15.0. The van der Waals surface area contributed by atoms with E-state index in [1.165, 1.54) is 7.11 Å². The molecule has 3 fully saturated rings. The van der Waals surface area contributed by atoms with E-state index < -0.39 is 0 Å². The first-order valence-corrected chi connectivity index (χ1v) is 15.0. The van der Waals surface area contributed by atoms with E-state index in [0.717, 1.165) is 96.1 Å². The average Bonchev–Trinajstić information content (AvgIpc) is 3.03. The zero-order valence-electron chi connectivity index (χ0n) is 23.9. The van der Waals surface area contributed by atoms with Crippen molar-refractivity contribution < 1.29 is 19.4 Å². The number of nitrogens with one attached hydrogen (secondary N) is 1. The van der Waals surface area contributed by atoms with Crippen LogP contribution in [-0.4, -0.2) is 120 Å². The van der Waals surface area contributed by atoms with Gasteiger partial charge in [0.2, 0.25) is 5.91 Å². The molecule has 3 aliphatic heterocycles. The van der Waals surface area contributed by atoms with E-state index in [1.54, 1.807) is 12.1 Å². The summed E-state index contributed by atoms with van der Waals surface area (Å²) in [4.78, 5) is 34.3. The molecule has 1 aromatic heterocycles. The standard InChI is InChI=1S/C30H41N7O4/c1-41-30(40)21-6-8-22(9-7-21)35-13-15-36(16-14-35)28(39)10-11-34-12-17-37-23(20-34)19-31-29-26(37)18-25(32-33-29)24-4-2-3-5-27(24)38/h2-5,18,21-23,38H,6-17,19-20H2,1H3,(H,31,33)/t21-,22+,23-/m0/s1. The van der Waals surface area contributed by atoms with Crippen molar-refractivity contribution in [1.29, 1.82) is 0 Å². The van der Waals surface area contributed by atoms with E-state index >= 15 is 0 Å². The number of piperazine rings is 2. The van der Waals surface area contributed by atoms with Crippen LogP contribution >= 0.6 is 0 Å². The van der Waals surface area contributed by atoms with Crippen LogP contribution in [0, 0.1) is 5.92 Å². The first-order chi connectivity index (χ1) is 20.0. The zero-order valence-corrected chi connectivity index (χ0v) is 23.9. The number of carbonyl (C=O) groups excluding carboxylic acids is 2. The average molecular weight is 564 g/mol. The fraction of sp³-hybridized carbons (Fsp3) is 0.600. The number of anilines is 2. The number of hydrogen-bond donors (Lipinski definition) is 2. The number of nitrogens with zero attached hydrogens (tertiary/aromatic N) is 6. The predicted molar refractivity (Wildman–Crippen MR) is 156 cm³/mol. The Balaban J connectivity index is 0.967. The van der Waals surface area contributed by atoms with Crippen LogP contribution in [0.3, 0.4) is 0 Å². The fourth-order valence-electron chi connectivity index (χ4n) is 6.97. The van der Waals surface area contributed by atoms with Gasteiger partial charge in [-0.1, -0.05) is 12.1 Å². The van der Waals surface area contributed by atoms with Crippen molar-refractivity contribution in [1.82, 2.24) is 24.9 Å². The van der Waals surface area contributed by atoms with Gasteiger partial charge < -0.3 is 25.0 Å². The number of carbonyl (C=O) groups is 2. The van der Waals surface area contributed by atoms with Crippen molar-refractivity contribution in [2.45, 2.75) is 44.2 Å². The molecular formula is C30H41N7O4. The molecule has 11 nitrogen and oxygen atoms in total. The summed E-state index contributed by atoms with van der Waals surface area (Å²) >= 11 is 0. The summed E-state index contributed by atoms with van der Waals surface area (Å²) < 4.78 is 4.92. The highest BCUT2D eigenvalue weighted by molar-refractivity contribution is 5.77. The number of aromatic nitrogens is 2. The van der Waals surface area contributed by atoms with Crippen molar-refractivity contribution in [2.75, 3.05) is 76.2 Å². The molecule has 0 unspecified atom stereocenters. The van der Waals surface area contributed by atoms with Gasteiger partial charge in [0.25, 0.3) is 0 Å². The number of esters is 1. The maximum atomic E-state index is 13.1. The lowest BCUT2D eigenvalue weighted by molar-refractivity contribution is -0.147. The molecule has 2 N–H and O–H groups in total. The van der Waals surface area contributed by atoms with Crippen LogP contribution in [0.15, 0.2) is 30.3 Å². The fourth-order valence-corrected chi connectivity index (χ4v) is 6.97. The molecule has 2 aromatic rings. The van der Waals surface area contributed by atoms with Crippen LogP contribution in [-0.2, 0) is 14.3 Å². The number of fused-ring (bicyclic) bond motifs is 3. The number of methoxy groups -OCH3 is 1. The molecule has 0 spiro atoms. The van der Waals surface area contributed by atoms with Gasteiger partial charge in [0.15, 0.2) is 5.82 Å². The summed E-state index contributed by atoms with van der Waals surface area (Å²) in [6.07, 6.45) is 4.41. The van der Waals surface area contributed by atoms with Crippen molar-refractivity contribution in [3.63, 3.8) is 0 Å². The van der Waals surface area contributed by atoms with Crippen LogP contribution in [0.25, 0.3) is 11.3 Å². The second-order valence-corrected chi connectivity index (χ2v) is 11.7. The SMILES string of the molecule is COC(=O)[C@H]1CC[C@@H](N2CCN(C(=O)CCN3CCN4c5cc(-c6ccccc6O)nnc5NC[C@H]4C3)CC2)CC1. The number of amides is 1. The van der Waals surface area contributed by atoms with E-state index in [-0.39, 0.29) is 29.6 Å². The van der Waals surface area contributed by atoms with Crippen LogP contribution in [0.1, 0.15) is 32.1 Å². The Bertz CT molecular complexity index is 1240. The monoisotopic (exact) mass is 563 g/mol. The van der Waals surface area contributed by atoms with Gasteiger partial charge in [0.05, 0.1) is 30.5 Å². The summed E-state index contributed by atoms with van der Waals surface area (Å²) in [5.41, 5.74) is 2.35. The summed E-state index contributed by atoms with van der Waals surface area (Å²) in [6, 6.07) is 10.0. The van der Waals surface area contributed by atoms with Gasteiger partial charge in [0.1, 0.15) is 5.75 Å². The molecule has 0 bridgehead atoms. The molecule has 11 heteroatoms. The lowest BCUT2D eigenvalue weighted by atomic mass is 9.85. The second-order valence-electron chi connectivity index (χ2n) is 11.7. The molecule has 4 aliphatic rings. The van der Waals surface area contributed by atoms with E-state index in [4.69, 9.17) is 4.74 Å². The maximum Gasteiger partial charge on any atom is 0.308 e. The normalized spacial score (nSPS) is 25.1. The number of ether oxygens (including phenoxy) is 1. The lowest BCUT2D eigenvalue weighted by Gasteiger charge is -2.46. The number of para-hydroxylation sites is 1. The Morgan fingerprint density at radius 1 is 1.00 bits per heavy atom. The smallest absolute Gasteiger partial charge is 0.308 e. The molecule has 1 aliphatic carbocycles.